The van der Waals surface area contributed by atoms with Gasteiger partial charge in [0, 0.05) is 5.57 Å². The van der Waals surface area contributed by atoms with Gasteiger partial charge in [0.2, 0.25) is 0 Å². The zero-order chi connectivity index (χ0) is 11.0. The first-order chi connectivity index (χ1) is 6.21. The Hall–Kier alpha value is -0.230. The van der Waals surface area contributed by atoms with E-state index in [0.717, 1.165) is 0 Å². The highest BCUT2D eigenvalue weighted by Crippen LogP contribution is 2.27. The van der Waals surface area contributed by atoms with Crippen molar-refractivity contribution in [3.05, 3.63) is 34.8 Å². The van der Waals surface area contributed by atoms with Gasteiger partial charge in [0.1, 0.15) is 0 Å². The molecule has 0 nitrogen and oxygen atoms in total. The normalized spacial score (nSPS) is 16.7. The second kappa shape index (κ2) is 3.73. The van der Waals surface area contributed by atoms with E-state index in [1.165, 1.54) is 11.1 Å². The van der Waals surface area contributed by atoms with Crippen LogP contribution in [0.5, 0.6) is 0 Å². The Bertz CT molecular complexity index is 319. The SMILES string of the molecule is CC(C)(C)C1=C=CC(C(C)(C)[IH+])=C=C1. The molecule has 0 saturated carbocycles. The molecule has 0 aliphatic heterocycles. The van der Waals surface area contributed by atoms with E-state index in [1.807, 2.05) is 0 Å². The third-order valence-corrected chi connectivity index (χ3v) is 2.83. The summed E-state index contributed by atoms with van der Waals surface area (Å²) in [5, 5.41) is 0. The van der Waals surface area contributed by atoms with E-state index in [2.05, 4.69) is 80.8 Å². The molecule has 1 aliphatic carbocycles. The number of rotatable bonds is 1. The van der Waals surface area contributed by atoms with Crippen LogP contribution < -0.4 is 22.6 Å². The molecule has 0 bridgehead atoms. The van der Waals surface area contributed by atoms with E-state index >= 15 is 0 Å². The first kappa shape index (κ1) is 11.8. The minimum atomic E-state index is 0.174. The highest BCUT2D eigenvalue weighted by molar-refractivity contribution is 5.37. The molecule has 0 aromatic rings. The van der Waals surface area contributed by atoms with Crippen molar-refractivity contribution in [3.8, 4) is 0 Å². The van der Waals surface area contributed by atoms with Gasteiger partial charge in [0.15, 0.2) is 3.42 Å². The van der Waals surface area contributed by atoms with Gasteiger partial charge in [-0.2, -0.15) is 0 Å². The van der Waals surface area contributed by atoms with Gasteiger partial charge in [-0.3, -0.25) is 0 Å². The zero-order valence-corrected chi connectivity index (χ0v) is 11.9. The Labute approximate surface area is 101 Å². The highest BCUT2D eigenvalue weighted by atomic mass is 127. The van der Waals surface area contributed by atoms with Crippen LogP contribution >= 0.6 is 0 Å². The molecule has 0 atom stereocenters. The van der Waals surface area contributed by atoms with Crippen molar-refractivity contribution in [1.82, 2.24) is 0 Å². The molecule has 0 N–H and O–H groups in total. The molecule has 1 aliphatic rings. The summed E-state index contributed by atoms with van der Waals surface area (Å²) in [5.74, 6) is 0. The number of allylic oxidation sites excluding steroid dienone is 2. The maximum absolute atomic E-state index is 3.35. The second-order valence-electron chi connectivity index (χ2n) is 5.17. The highest BCUT2D eigenvalue weighted by Gasteiger charge is 2.28. The summed E-state index contributed by atoms with van der Waals surface area (Å²) in [7, 11) is 0. The maximum atomic E-state index is 3.35. The quantitative estimate of drug-likeness (QED) is 0.371. The smallest absolute Gasteiger partial charge is 0.115 e. The lowest BCUT2D eigenvalue weighted by Gasteiger charge is -2.19. The van der Waals surface area contributed by atoms with Gasteiger partial charge >= 0.3 is 0 Å². The molecule has 76 valence electrons. The second-order valence-corrected chi connectivity index (χ2v) is 8.08. The van der Waals surface area contributed by atoms with Crippen molar-refractivity contribution in [2.24, 2.45) is 5.41 Å². The molecule has 0 aromatic heterocycles. The van der Waals surface area contributed by atoms with E-state index in [-0.39, 0.29) is 8.84 Å². The lowest BCUT2D eigenvalue weighted by atomic mass is 9.85. The number of halogens is 1. The van der Waals surface area contributed by atoms with Gasteiger partial charge in [0.25, 0.3) is 22.6 Å². The first-order valence-electron chi connectivity index (χ1n) is 4.86. The standard InChI is InChI=1S/C13H18I/c1-12(2,3)10-6-8-11(9-7-10)13(4,5)14/h6,9,14H,1-5H3/q+1. The average Bonchev–Trinajstić information content (AvgIpc) is 2.01. The van der Waals surface area contributed by atoms with Crippen molar-refractivity contribution >= 4 is 0 Å². The van der Waals surface area contributed by atoms with Gasteiger partial charge in [-0.25, -0.2) is 0 Å². The molecule has 0 unspecified atom stereocenters. The third-order valence-electron chi connectivity index (χ3n) is 2.20. The Morgan fingerprint density at radius 3 is 1.64 bits per heavy atom. The Morgan fingerprint density at radius 1 is 0.929 bits per heavy atom. The van der Waals surface area contributed by atoms with Crippen molar-refractivity contribution < 1.29 is 22.6 Å². The van der Waals surface area contributed by atoms with Crippen LogP contribution in [0.3, 0.4) is 0 Å². The van der Waals surface area contributed by atoms with Crippen molar-refractivity contribution in [3.63, 3.8) is 0 Å². The molecule has 0 aromatic carbocycles. The van der Waals surface area contributed by atoms with Crippen LogP contribution in [-0.2, 0) is 0 Å². The maximum Gasteiger partial charge on any atom is 0.264 e. The molecular weight excluding hydrogens is 283 g/mol. The molecule has 0 spiro atoms. The van der Waals surface area contributed by atoms with Crippen LogP contribution in [0.1, 0.15) is 34.6 Å². The summed E-state index contributed by atoms with van der Waals surface area (Å²) in [6.07, 6.45) is 4.14. The van der Waals surface area contributed by atoms with Crippen molar-refractivity contribution in [1.29, 1.82) is 0 Å². The van der Waals surface area contributed by atoms with Crippen molar-refractivity contribution in [2.75, 3.05) is 0 Å². The molecule has 0 saturated heterocycles. The Kier molecular flexibility index (Phi) is 3.16. The largest absolute Gasteiger partial charge is 0.264 e. The van der Waals surface area contributed by atoms with Crippen LogP contribution in [-0.4, -0.2) is 3.42 Å². The molecular formula is C13H18I+. The monoisotopic (exact) mass is 301 g/mol. The topological polar surface area (TPSA) is 0 Å². The summed E-state index contributed by atoms with van der Waals surface area (Å²) >= 11 is 2.12. The van der Waals surface area contributed by atoms with E-state index in [9.17, 15) is 0 Å². The fourth-order valence-corrected chi connectivity index (χ4v) is 1.50. The lowest BCUT2D eigenvalue weighted by molar-refractivity contribution is -0.449. The van der Waals surface area contributed by atoms with Gasteiger partial charge in [-0.1, -0.05) is 20.8 Å². The van der Waals surface area contributed by atoms with Crippen LogP contribution in [0.4, 0.5) is 0 Å². The van der Waals surface area contributed by atoms with Gasteiger partial charge in [0.05, 0.1) is 5.57 Å². The summed E-state index contributed by atoms with van der Waals surface area (Å²) in [6.45, 7) is 11.0. The molecule has 0 heterocycles. The molecule has 14 heavy (non-hydrogen) atoms. The molecule has 0 fully saturated rings. The minimum absolute atomic E-state index is 0.174. The van der Waals surface area contributed by atoms with Crippen LogP contribution in [0.2, 0.25) is 0 Å². The fourth-order valence-electron chi connectivity index (χ4n) is 1.16. The minimum Gasteiger partial charge on any atom is -0.115 e. The predicted octanol–water partition coefficient (Wildman–Crippen LogP) is 0.273. The number of hydrogen-bond donors (Lipinski definition) is 0. The average molecular weight is 301 g/mol. The molecule has 1 heteroatoms. The van der Waals surface area contributed by atoms with E-state index in [4.69, 9.17) is 0 Å². The summed E-state index contributed by atoms with van der Waals surface area (Å²) in [4.78, 5) is 0. The van der Waals surface area contributed by atoms with Crippen LogP contribution in [0, 0.1) is 5.41 Å². The van der Waals surface area contributed by atoms with Gasteiger partial charge < -0.3 is 0 Å². The summed E-state index contributed by atoms with van der Waals surface area (Å²) < 4.78 is 0.184. The summed E-state index contributed by atoms with van der Waals surface area (Å²) in [5.41, 5.74) is 9.34. The van der Waals surface area contributed by atoms with Gasteiger partial charge in [-0.05, 0) is 31.4 Å². The zero-order valence-electron chi connectivity index (χ0n) is 9.56. The van der Waals surface area contributed by atoms with Gasteiger partial charge in [-0.15, -0.1) is 11.5 Å². The fraction of sp³-hybridized carbons (Fsp3) is 0.538. The van der Waals surface area contributed by atoms with Crippen LogP contribution in [0.15, 0.2) is 34.8 Å². The molecule has 1 rings (SSSR count). The van der Waals surface area contributed by atoms with Crippen LogP contribution in [0.25, 0.3) is 0 Å². The number of hydrogen-bond acceptors (Lipinski definition) is 0. The summed E-state index contributed by atoms with van der Waals surface area (Å²) in [6, 6.07) is 0. The number of alkyl halides is 1. The van der Waals surface area contributed by atoms with E-state index < -0.39 is 0 Å². The Morgan fingerprint density at radius 2 is 1.36 bits per heavy atom. The first-order valence-corrected chi connectivity index (χ1v) is 6.02. The Balaban J connectivity index is 3.02. The van der Waals surface area contributed by atoms with E-state index in [1.54, 1.807) is 0 Å². The predicted molar refractivity (Wildman–Crippen MR) is 58.1 cm³/mol. The van der Waals surface area contributed by atoms with E-state index in [0.29, 0.717) is 0 Å². The molecule has 0 amide bonds. The lowest BCUT2D eigenvalue weighted by Crippen LogP contribution is -3.42. The third kappa shape index (κ3) is 2.88. The van der Waals surface area contributed by atoms with Crippen molar-refractivity contribution in [2.45, 2.75) is 38.0 Å². The molecule has 0 radical (unpaired) electrons.